The van der Waals surface area contributed by atoms with Gasteiger partial charge in [0.25, 0.3) is 0 Å². The van der Waals surface area contributed by atoms with E-state index in [1.54, 1.807) is 0 Å². The van der Waals surface area contributed by atoms with E-state index in [2.05, 4.69) is 53.8 Å². The summed E-state index contributed by atoms with van der Waals surface area (Å²) in [5.41, 5.74) is 10.4. The van der Waals surface area contributed by atoms with E-state index in [0.29, 0.717) is 11.6 Å². The average Bonchev–Trinajstić information content (AvgIpc) is 2.83. The van der Waals surface area contributed by atoms with E-state index in [-0.39, 0.29) is 5.41 Å². The number of nitrogens with two attached hydrogens (primary N) is 1. The fraction of sp³-hybridized carbons (Fsp3) is 0.235. The van der Waals surface area contributed by atoms with Crippen molar-refractivity contribution in [1.29, 1.82) is 0 Å². The number of hydrogen-bond donors (Lipinski definition) is 1. The molecule has 0 amide bonds. The Bertz CT molecular complexity index is 815. The lowest BCUT2D eigenvalue weighted by Crippen LogP contribution is -2.10. The lowest BCUT2D eigenvalue weighted by atomic mass is 9.87. The van der Waals surface area contributed by atoms with Gasteiger partial charge in [-0.05, 0) is 41.3 Å². The fourth-order valence-electron chi connectivity index (χ4n) is 2.22. The predicted molar refractivity (Wildman–Crippen MR) is 90.3 cm³/mol. The van der Waals surface area contributed by atoms with Gasteiger partial charge in [0.15, 0.2) is 5.58 Å². The first-order chi connectivity index (χ1) is 9.84. The van der Waals surface area contributed by atoms with Crippen LogP contribution in [0.1, 0.15) is 26.3 Å². The van der Waals surface area contributed by atoms with Gasteiger partial charge in [0, 0.05) is 10.2 Å². The van der Waals surface area contributed by atoms with Crippen LogP contribution in [-0.2, 0) is 5.41 Å². The summed E-state index contributed by atoms with van der Waals surface area (Å²) >= 11 is 3.45. The van der Waals surface area contributed by atoms with Gasteiger partial charge in [-0.25, -0.2) is 4.98 Å². The third-order valence-electron chi connectivity index (χ3n) is 3.50. The molecule has 0 atom stereocenters. The molecule has 0 spiro atoms. The Kier molecular flexibility index (Phi) is 3.29. The first kappa shape index (κ1) is 14.1. The number of anilines is 1. The lowest BCUT2D eigenvalue weighted by molar-refractivity contribution is 0.590. The number of benzene rings is 2. The van der Waals surface area contributed by atoms with Gasteiger partial charge in [-0.1, -0.05) is 42.8 Å². The van der Waals surface area contributed by atoms with Gasteiger partial charge >= 0.3 is 0 Å². The molecule has 3 nitrogen and oxygen atoms in total. The molecule has 21 heavy (non-hydrogen) atoms. The molecular weight excluding hydrogens is 328 g/mol. The van der Waals surface area contributed by atoms with Crippen molar-refractivity contribution in [3.63, 3.8) is 0 Å². The Morgan fingerprint density at radius 2 is 1.86 bits per heavy atom. The van der Waals surface area contributed by atoms with Crippen LogP contribution in [0.3, 0.4) is 0 Å². The summed E-state index contributed by atoms with van der Waals surface area (Å²) in [6.07, 6.45) is 0. The molecule has 4 heteroatoms. The normalized spacial score (nSPS) is 12.0. The predicted octanol–water partition coefficient (Wildman–Crippen LogP) is 5.14. The highest BCUT2D eigenvalue weighted by molar-refractivity contribution is 9.10. The van der Waals surface area contributed by atoms with Crippen molar-refractivity contribution in [3.05, 3.63) is 46.4 Å². The smallest absolute Gasteiger partial charge is 0.229 e. The topological polar surface area (TPSA) is 52.0 Å². The van der Waals surface area contributed by atoms with E-state index in [4.69, 9.17) is 10.2 Å². The second kappa shape index (κ2) is 4.88. The number of nitrogens with zero attached hydrogens (tertiary/aromatic N) is 1. The Labute approximate surface area is 132 Å². The number of oxazole rings is 1. The van der Waals surface area contributed by atoms with E-state index in [1.165, 1.54) is 5.56 Å². The fourth-order valence-corrected chi connectivity index (χ4v) is 2.58. The van der Waals surface area contributed by atoms with Crippen molar-refractivity contribution in [2.24, 2.45) is 0 Å². The van der Waals surface area contributed by atoms with Crippen LogP contribution in [0.2, 0.25) is 0 Å². The maximum atomic E-state index is 6.02. The summed E-state index contributed by atoms with van der Waals surface area (Å²) in [7, 11) is 0. The average molecular weight is 345 g/mol. The van der Waals surface area contributed by atoms with Crippen LogP contribution < -0.4 is 5.73 Å². The maximum Gasteiger partial charge on any atom is 0.229 e. The minimum atomic E-state index is 0.0854. The number of halogens is 1. The molecule has 2 aromatic carbocycles. The highest BCUT2D eigenvalue weighted by Crippen LogP contribution is 2.32. The molecule has 1 aromatic heterocycles. The molecule has 0 bridgehead atoms. The SMILES string of the molecule is CC(C)(C)c1ccc2oc(-c3cc(Br)ccc3N)nc2c1. The number of rotatable bonds is 1. The zero-order valence-corrected chi connectivity index (χ0v) is 13.9. The Morgan fingerprint density at radius 3 is 2.57 bits per heavy atom. The minimum Gasteiger partial charge on any atom is -0.436 e. The van der Waals surface area contributed by atoms with Crippen LogP contribution >= 0.6 is 15.9 Å². The number of aromatic nitrogens is 1. The van der Waals surface area contributed by atoms with E-state index in [1.807, 2.05) is 24.3 Å². The van der Waals surface area contributed by atoms with Crippen molar-refractivity contribution >= 4 is 32.7 Å². The van der Waals surface area contributed by atoms with E-state index in [0.717, 1.165) is 21.1 Å². The standard InChI is InChI=1S/C17H17BrN2O/c1-17(2,3)10-4-7-15-14(8-10)20-16(21-15)12-9-11(18)5-6-13(12)19/h4-9H,19H2,1-3H3. The summed E-state index contributed by atoms with van der Waals surface area (Å²) in [4.78, 5) is 4.59. The van der Waals surface area contributed by atoms with Gasteiger partial charge in [-0.2, -0.15) is 0 Å². The van der Waals surface area contributed by atoms with Crippen molar-refractivity contribution in [1.82, 2.24) is 4.98 Å². The van der Waals surface area contributed by atoms with Gasteiger partial charge in [0.1, 0.15) is 5.52 Å². The molecule has 0 aliphatic rings. The Hall–Kier alpha value is -1.81. The molecule has 108 valence electrons. The molecule has 0 aliphatic heterocycles. The number of nitrogen functional groups attached to an aromatic ring is 1. The van der Waals surface area contributed by atoms with Gasteiger partial charge in [0.2, 0.25) is 5.89 Å². The van der Waals surface area contributed by atoms with Gasteiger partial charge in [-0.3, -0.25) is 0 Å². The molecule has 0 radical (unpaired) electrons. The summed E-state index contributed by atoms with van der Waals surface area (Å²) in [6, 6.07) is 11.8. The Balaban J connectivity index is 2.15. The van der Waals surface area contributed by atoms with Gasteiger partial charge in [-0.15, -0.1) is 0 Å². The molecular formula is C17H17BrN2O. The Morgan fingerprint density at radius 1 is 1.10 bits per heavy atom. The molecule has 0 unspecified atom stereocenters. The largest absolute Gasteiger partial charge is 0.436 e. The van der Waals surface area contributed by atoms with Crippen molar-refractivity contribution < 1.29 is 4.42 Å². The molecule has 0 aliphatic carbocycles. The zero-order chi connectivity index (χ0) is 15.2. The third-order valence-corrected chi connectivity index (χ3v) is 3.99. The van der Waals surface area contributed by atoms with Crippen LogP contribution in [0.15, 0.2) is 45.3 Å². The maximum absolute atomic E-state index is 6.02. The van der Waals surface area contributed by atoms with Crippen LogP contribution in [0.4, 0.5) is 5.69 Å². The highest BCUT2D eigenvalue weighted by Gasteiger charge is 2.17. The minimum absolute atomic E-state index is 0.0854. The monoisotopic (exact) mass is 344 g/mol. The van der Waals surface area contributed by atoms with E-state index >= 15 is 0 Å². The first-order valence-corrected chi connectivity index (χ1v) is 7.60. The quantitative estimate of drug-likeness (QED) is 0.622. The second-order valence-corrected chi connectivity index (χ2v) is 7.10. The van der Waals surface area contributed by atoms with Gasteiger partial charge in [0.05, 0.1) is 5.56 Å². The molecule has 0 fully saturated rings. The molecule has 3 aromatic rings. The molecule has 1 heterocycles. The van der Waals surface area contributed by atoms with E-state index in [9.17, 15) is 0 Å². The molecule has 0 saturated heterocycles. The second-order valence-electron chi connectivity index (χ2n) is 6.18. The molecule has 2 N–H and O–H groups in total. The van der Waals surface area contributed by atoms with Crippen molar-refractivity contribution in [3.8, 4) is 11.5 Å². The summed E-state index contributed by atoms with van der Waals surface area (Å²) in [6.45, 7) is 6.55. The lowest BCUT2D eigenvalue weighted by Gasteiger charge is -2.18. The molecule has 3 rings (SSSR count). The van der Waals surface area contributed by atoms with Crippen LogP contribution in [0.5, 0.6) is 0 Å². The molecule has 0 saturated carbocycles. The summed E-state index contributed by atoms with van der Waals surface area (Å²) in [5, 5.41) is 0. The van der Waals surface area contributed by atoms with Crippen molar-refractivity contribution in [2.75, 3.05) is 5.73 Å². The van der Waals surface area contributed by atoms with E-state index < -0.39 is 0 Å². The third kappa shape index (κ3) is 2.68. The van der Waals surface area contributed by atoms with Crippen molar-refractivity contribution in [2.45, 2.75) is 26.2 Å². The number of hydrogen-bond acceptors (Lipinski definition) is 3. The summed E-state index contributed by atoms with van der Waals surface area (Å²) < 4.78 is 6.79. The van der Waals surface area contributed by atoms with Crippen LogP contribution in [-0.4, -0.2) is 4.98 Å². The highest BCUT2D eigenvalue weighted by atomic mass is 79.9. The van der Waals surface area contributed by atoms with Gasteiger partial charge < -0.3 is 10.2 Å². The first-order valence-electron chi connectivity index (χ1n) is 6.81. The van der Waals surface area contributed by atoms with Crippen LogP contribution in [0.25, 0.3) is 22.6 Å². The zero-order valence-electron chi connectivity index (χ0n) is 12.3. The summed E-state index contributed by atoms with van der Waals surface area (Å²) in [5.74, 6) is 0.551. The number of fused-ring (bicyclic) bond motifs is 1. The van der Waals surface area contributed by atoms with Crippen LogP contribution in [0, 0.1) is 0 Å².